The molecule has 1 saturated carbocycles. The van der Waals surface area contributed by atoms with E-state index in [1.54, 1.807) is 6.33 Å². The van der Waals surface area contributed by atoms with Gasteiger partial charge >= 0.3 is 0 Å². The average molecular weight is 371 g/mol. The van der Waals surface area contributed by atoms with Gasteiger partial charge in [-0.2, -0.15) is 0 Å². The summed E-state index contributed by atoms with van der Waals surface area (Å²) in [6, 6.07) is 11.2. The molecule has 0 saturated heterocycles. The topological polar surface area (TPSA) is 42.7 Å². The SMILES string of the molecule is Cc1ccc(-c2cc3c(NC4=CC5CC5(C)C=C4)ncnc3n2C(C)C)cc1. The predicted octanol–water partition coefficient (Wildman–Crippen LogP) is 5.88. The zero-order valence-corrected chi connectivity index (χ0v) is 16.9. The summed E-state index contributed by atoms with van der Waals surface area (Å²) in [6.45, 7) is 8.84. The van der Waals surface area contributed by atoms with Crippen LogP contribution in [0.25, 0.3) is 22.3 Å². The Morgan fingerprint density at radius 1 is 1.18 bits per heavy atom. The van der Waals surface area contributed by atoms with E-state index in [0.29, 0.717) is 17.4 Å². The number of nitrogens with one attached hydrogen (secondary N) is 1. The first-order valence-corrected chi connectivity index (χ1v) is 10.1. The second-order valence-corrected chi connectivity index (χ2v) is 8.72. The quantitative estimate of drug-likeness (QED) is 0.623. The summed E-state index contributed by atoms with van der Waals surface area (Å²) in [5.74, 6) is 1.53. The average Bonchev–Trinajstić information content (AvgIpc) is 3.17. The van der Waals surface area contributed by atoms with E-state index in [0.717, 1.165) is 22.5 Å². The van der Waals surface area contributed by atoms with Crippen LogP contribution in [-0.4, -0.2) is 14.5 Å². The fourth-order valence-electron chi connectivity index (χ4n) is 4.23. The third-order valence-corrected chi connectivity index (χ3v) is 6.13. The molecule has 0 amide bonds. The number of allylic oxidation sites excluding steroid dienone is 3. The number of aromatic nitrogens is 3. The van der Waals surface area contributed by atoms with E-state index in [1.165, 1.54) is 23.2 Å². The molecule has 2 aliphatic rings. The highest BCUT2D eigenvalue weighted by Crippen LogP contribution is 2.56. The molecule has 1 N–H and O–H groups in total. The van der Waals surface area contributed by atoms with Gasteiger partial charge in [0, 0.05) is 11.7 Å². The zero-order valence-electron chi connectivity index (χ0n) is 16.9. The number of nitrogens with zero attached hydrogens (tertiary/aromatic N) is 3. The molecule has 28 heavy (non-hydrogen) atoms. The van der Waals surface area contributed by atoms with Gasteiger partial charge in [-0.25, -0.2) is 9.97 Å². The van der Waals surface area contributed by atoms with Crippen molar-refractivity contribution in [2.75, 3.05) is 5.32 Å². The molecule has 142 valence electrons. The molecular formula is C24H26N4. The van der Waals surface area contributed by atoms with Gasteiger partial charge in [-0.15, -0.1) is 0 Å². The molecule has 5 rings (SSSR count). The lowest BCUT2D eigenvalue weighted by Crippen LogP contribution is -2.07. The minimum atomic E-state index is 0.303. The fourth-order valence-corrected chi connectivity index (χ4v) is 4.23. The highest BCUT2D eigenvalue weighted by atomic mass is 15.1. The van der Waals surface area contributed by atoms with Crippen LogP contribution in [0.4, 0.5) is 5.82 Å². The Labute approximate surface area is 166 Å². The minimum Gasteiger partial charge on any atom is -0.340 e. The van der Waals surface area contributed by atoms with Crippen LogP contribution in [0.15, 0.2) is 60.6 Å². The van der Waals surface area contributed by atoms with Crippen LogP contribution in [0, 0.1) is 18.3 Å². The molecule has 2 heterocycles. The lowest BCUT2D eigenvalue weighted by Gasteiger charge is -2.15. The number of anilines is 1. The monoisotopic (exact) mass is 370 g/mol. The normalized spacial score (nSPS) is 23.0. The summed E-state index contributed by atoms with van der Waals surface area (Å²) in [5, 5.41) is 4.61. The van der Waals surface area contributed by atoms with Gasteiger partial charge in [0.2, 0.25) is 0 Å². The molecule has 2 aliphatic carbocycles. The molecule has 0 radical (unpaired) electrons. The third kappa shape index (κ3) is 2.75. The van der Waals surface area contributed by atoms with Crippen molar-refractivity contribution in [3.8, 4) is 11.3 Å². The first kappa shape index (κ1) is 17.2. The van der Waals surface area contributed by atoms with Gasteiger partial charge in [0.05, 0.1) is 11.1 Å². The Hall–Kier alpha value is -2.88. The van der Waals surface area contributed by atoms with Crippen LogP contribution in [0.1, 0.15) is 38.8 Å². The van der Waals surface area contributed by atoms with E-state index >= 15 is 0 Å². The van der Waals surface area contributed by atoms with Crippen molar-refractivity contribution in [2.24, 2.45) is 11.3 Å². The summed E-state index contributed by atoms with van der Waals surface area (Å²) >= 11 is 0. The van der Waals surface area contributed by atoms with Crippen LogP contribution >= 0.6 is 0 Å². The summed E-state index contributed by atoms with van der Waals surface area (Å²) in [6.07, 6.45) is 9.77. The van der Waals surface area contributed by atoms with Crippen molar-refractivity contribution in [3.63, 3.8) is 0 Å². The number of fused-ring (bicyclic) bond motifs is 2. The van der Waals surface area contributed by atoms with E-state index in [-0.39, 0.29) is 0 Å². The molecule has 2 atom stereocenters. The molecule has 4 nitrogen and oxygen atoms in total. The highest BCUT2D eigenvalue weighted by Gasteiger charge is 2.47. The van der Waals surface area contributed by atoms with Crippen LogP contribution < -0.4 is 5.32 Å². The molecule has 1 fully saturated rings. The van der Waals surface area contributed by atoms with E-state index in [4.69, 9.17) is 0 Å². The van der Waals surface area contributed by atoms with Gasteiger partial charge in [-0.3, -0.25) is 0 Å². The Kier molecular flexibility index (Phi) is 3.73. The van der Waals surface area contributed by atoms with E-state index in [2.05, 4.69) is 96.1 Å². The number of hydrogen-bond acceptors (Lipinski definition) is 3. The molecule has 1 aromatic carbocycles. The fraction of sp³-hybridized carbons (Fsp3) is 0.333. The largest absolute Gasteiger partial charge is 0.340 e. The van der Waals surface area contributed by atoms with Crippen LogP contribution in [0.3, 0.4) is 0 Å². The Balaban J connectivity index is 1.60. The number of benzene rings is 1. The molecule has 0 bridgehead atoms. The minimum absolute atomic E-state index is 0.303. The third-order valence-electron chi connectivity index (χ3n) is 6.13. The van der Waals surface area contributed by atoms with Crippen LogP contribution in [0.5, 0.6) is 0 Å². The molecule has 2 unspecified atom stereocenters. The van der Waals surface area contributed by atoms with E-state index < -0.39 is 0 Å². The number of rotatable bonds is 4. The molecule has 2 aromatic heterocycles. The summed E-state index contributed by atoms with van der Waals surface area (Å²) < 4.78 is 2.30. The zero-order chi connectivity index (χ0) is 19.5. The van der Waals surface area contributed by atoms with Gasteiger partial charge in [-0.05, 0) is 56.2 Å². The van der Waals surface area contributed by atoms with Crippen molar-refractivity contribution < 1.29 is 0 Å². The summed E-state index contributed by atoms with van der Waals surface area (Å²) in [5.41, 5.74) is 6.13. The van der Waals surface area contributed by atoms with Gasteiger partial charge in [-0.1, -0.05) is 48.9 Å². The van der Waals surface area contributed by atoms with E-state index in [9.17, 15) is 0 Å². The lowest BCUT2D eigenvalue weighted by molar-refractivity contribution is 0.623. The number of aryl methyl sites for hydroxylation is 1. The van der Waals surface area contributed by atoms with Gasteiger partial charge in [0.1, 0.15) is 17.8 Å². The second-order valence-electron chi connectivity index (χ2n) is 8.72. The predicted molar refractivity (Wildman–Crippen MR) is 115 cm³/mol. The Morgan fingerprint density at radius 2 is 1.96 bits per heavy atom. The van der Waals surface area contributed by atoms with Crippen molar-refractivity contribution >= 4 is 16.9 Å². The van der Waals surface area contributed by atoms with Crippen LogP contribution in [0.2, 0.25) is 0 Å². The first-order chi connectivity index (χ1) is 13.4. The van der Waals surface area contributed by atoms with Gasteiger partial charge in [0.15, 0.2) is 0 Å². The lowest BCUT2D eigenvalue weighted by atomic mass is 10.0. The van der Waals surface area contributed by atoms with Gasteiger partial charge < -0.3 is 9.88 Å². The number of hydrogen-bond donors (Lipinski definition) is 1. The van der Waals surface area contributed by atoms with Gasteiger partial charge in [0.25, 0.3) is 0 Å². The first-order valence-electron chi connectivity index (χ1n) is 10.1. The van der Waals surface area contributed by atoms with Crippen molar-refractivity contribution in [1.82, 2.24) is 14.5 Å². The maximum atomic E-state index is 4.63. The molecule has 3 aromatic rings. The Bertz CT molecular complexity index is 1120. The van der Waals surface area contributed by atoms with E-state index in [1.807, 2.05) is 0 Å². The van der Waals surface area contributed by atoms with Crippen molar-refractivity contribution in [2.45, 2.75) is 40.2 Å². The summed E-state index contributed by atoms with van der Waals surface area (Å²) in [4.78, 5) is 9.20. The highest BCUT2D eigenvalue weighted by molar-refractivity contribution is 5.93. The molecule has 0 aliphatic heterocycles. The molecule has 4 heteroatoms. The second kappa shape index (κ2) is 6.06. The van der Waals surface area contributed by atoms with Crippen LogP contribution in [-0.2, 0) is 0 Å². The summed E-state index contributed by atoms with van der Waals surface area (Å²) in [7, 11) is 0. The molecular weight excluding hydrogens is 344 g/mol. The Morgan fingerprint density at radius 3 is 2.68 bits per heavy atom. The maximum absolute atomic E-state index is 4.63. The molecule has 0 spiro atoms. The van der Waals surface area contributed by atoms with Crippen molar-refractivity contribution in [1.29, 1.82) is 0 Å². The van der Waals surface area contributed by atoms with Crippen molar-refractivity contribution in [3.05, 3.63) is 66.1 Å². The smallest absolute Gasteiger partial charge is 0.146 e. The maximum Gasteiger partial charge on any atom is 0.146 e. The standard InChI is InChI=1S/C24H26N4/c1-15(2)28-21(17-7-5-16(3)6-8-17)12-20-22(25-14-26-23(20)28)27-19-9-10-24(4)13-18(24)11-19/h5-12,14-15,18H,13H2,1-4H3,(H,25,26,27).